The summed E-state index contributed by atoms with van der Waals surface area (Å²) in [5.41, 5.74) is 2.20. The Morgan fingerprint density at radius 2 is 1.42 bits per heavy atom. The quantitative estimate of drug-likeness (QED) is 0.689. The molecule has 1 aliphatic heterocycles. The number of aromatic hydroxyl groups is 1. The van der Waals surface area contributed by atoms with Crippen molar-refractivity contribution in [1.82, 2.24) is 0 Å². The minimum atomic E-state index is -0.341. The monoisotopic (exact) mass is 322 g/mol. The summed E-state index contributed by atoms with van der Waals surface area (Å²) in [6.45, 7) is 8.21. The van der Waals surface area contributed by atoms with E-state index >= 15 is 0 Å². The summed E-state index contributed by atoms with van der Waals surface area (Å²) < 4.78 is 12.1. The van der Waals surface area contributed by atoms with Crippen LogP contribution in [0.15, 0.2) is 48.5 Å². The molecule has 0 atom stereocenters. The summed E-state index contributed by atoms with van der Waals surface area (Å²) >= 11 is 0. The average molecular weight is 322 g/mol. The van der Waals surface area contributed by atoms with Crippen LogP contribution in [0, 0.1) is 0 Å². The first-order valence-corrected chi connectivity index (χ1v) is 8.20. The van der Waals surface area contributed by atoms with Gasteiger partial charge >= 0.3 is 7.12 Å². The summed E-state index contributed by atoms with van der Waals surface area (Å²) in [7, 11) is -0.341. The average Bonchev–Trinajstić information content (AvgIpc) is 2.75. The van der Waals surface area contributed by atoms with E-state index in [1.54, 1.807) is 6.07 Å². The van der Waals surface area contributed by atoms with E-state index in [9.17, 15) is 5.11 Å². The van der Waals surface area contributed by atoms with E-state index in [1.807, 2.05) is 54.6 Å². The van der Waals surface area contributed by atoms with Crippen LogP contribution in [0.4, 0.5) is 0 Å². The highest BCUT2D eigenvalue weighted by Crippen LogP contribution is 2.36. The van der Waals surface area contributed by atoms with Gasteiger partial charge in [-0.05, 0) is 44.8 Å². The zero-order chi connectivity index (χ0) is 17.4. The minimum absolute atomic E-state index is 0.280. The molecule has 0 amide bonds. The van der Waals surface area contributed by atoms with Gasteiger partial charge in [-0.25, -0.2) is 0 Å². The predicted molar refractivity (Wildman–Crippen MR) is 99.2 cm³/mol. The molecule has 2 aromatic rings. The Bertz CT molecular complexity index is 732. The Balaban J connectivity index is 1.74. The van der Waals surface area contributed by atoms with Gasteiger partial charge in [-0.2, -0.15) is 0 Å². The number of hydrogen-bond acceptors (Lipinski definition) is 3. The lowest BCUT2D eigenvalue weighted by molar-refractivity contribution is 0.00578. The third kappa shape index (κ3) is 3.26. The molecule has 124 valence electrons. The number of rotatable bonds is 3. The van der Waals surface area contributed by atoms with Crippen LogP contribution in [-0.2, 0) is 9.31 Å². The molecule has 24 heavy (non-hydrogen) atoms. The summed E-state index contributed by atoms with van der Waals surface area (Å²) in [6.07, 6.45) is 3.88. The van der Waals surface area contributed by atoms with Crippen LogP contribution in [-0.4, -0.2) is 23.4 Å². The molecule has 3 nitrogen and oxygen atoms in total. The van der Waals surface area contributed by atoms with Gasteiger partial charge in [-0.3, -0.25) is 0 Å². The molecule has 1 aliphatic rings. The van der Waals surface area contributed by atoms with Crippen molar-refractivity contribution in [2.24, 2.45) is 0 Å². The highest BCUT2D eigenvalue weighted by molar-refractivity contribution is 6.62. The van der Waals surface area contributed by atoms with E-state index in [0.717, 1.165) is 16.6 Å². The third-order valence-electron chi connectivity index (χ3n) is 4.85. The van der Waals surface area contributed by atoms with Gasteiger partial charge in [0, 0.05) is 5.56 Å². The van der Waals surface area contributed by atoms with E-state index in [1.165, 1.54) is 0 Å². The van der Waals surface area contributed by atoms with Crippen molar-refractivity contribution in [3.05, 3.63) is 59.7 Å². The number of para-hydroxylation sites is 1. The van der Waals surface area contributed by atoms with Crippen LogP contribution in [0.3, 0.4) is 0 Å². The first-order valence-electron chi connectivity index (χ1n) is 8.20. The summed E-state index contributed by atoms with van der Waals surface area (Å²) in [6, 6.07) is 15.4. The predicted octanol–water partition coefficient (Wildman–Crippen LogP) is 3.86. The first kappa shape index (κ1) is 16.8. The molecule has 0 unspecified atom stereocenters. The van der Waals surface area contributed by atoms with Crippen LogP contribution in [0.2, 0.25) is 0 Å². The van der Waals surface area contributed by atoms with Gasteiger partial charge in [0.05, 0.1) is 11.2 Å². The van der Waals surface area contributed by atoms with Crippen molar-refractivity contribution >= 4 is 24.7 Å². The molecule has 2 aromatic carbocycles. The molecule has 1 N–H and O–H groups in total. The summed E-state index contributed by atoms with van der Waals surface area (Å²) in [5.74, 6) is 0.280. The van der Waals surface area contributed by atoms with Crippen molar-refractivity contribution < 1.29 is 14.4 Å². The van der Waals surface area contributed by atoms with E-state index in [4.69, 9.17) is 9.31 Å². The number of phenolic OH excluding ortho intramolecular Hbond substituents is 1. The fraction of sp³-hybridized carbons (Fsp3) is 0.300. The fourth-order valence-corrected chi connectivity index (χ4v) is 2.56. The summed E-state index contributed by atoms with van der Waals surface area (Å²) in [4.78, 5) is 0. The normalized spacial score (nSPS) is 19.1. The maximum atomic E-state index is 9.79. The van der Waals surface area contributed by atoms with Crippen LogP contribution in [0.5, 0.6) is 5.75 Å². The van der Waals surface area contributed by atoms with Gasteiger partial charge < -0.3 is 14.4 Å². The molecule has 0 radical (unpaired) electrons. The Morgan fingerprint density at radius 1 is 0.833 bits per heavy atom. The van der Waals surface area contributed by atoms with Gasteiger partial charge in [-0.1, -0.05) is 54.6 Å². The lowest BCUT2D eigenvalue weighted by atomic mass is 9.79. The second-order valence-electron chi connectivity index (χ2n) is 7.15. The van der Waals surface area contributed by atoms with Crippen molar-refractivity contribution in [2.75, 3.05) is 0 Å². The summed E-state index contributed by atoms with van der Waals surface area (Å²) in [5, 5.41) is 9.79. The molecule has 1 saturated heterocycles. The van der Waals surface area contributed by atoms with Crippen molar-refractivity contribution in [3.63, 3.8) is 0 Å². The molecular formula is C20H23BO3. The smallest absolute Gasteiger partial charge is 0.494 e. The molecule has 0 saturated carbocycles. The van der Waals surface area contributed by atoms with Gasteiger partial charge in [0.25, 0.3) is 0 Å². The Labute approximate surface area is 144 Å². The molecule has 0 spiro atoms. The highest BCUT2D eigenvalue weighted by atomic mass is 16.7. The van der Waals surface area contributed by atoms with Gasteiger partial charge in [0.2, 0.25) is 0 Å². The van der Waals surface area contributed by atoms with Crippen LogP contribution in [0.1, 0.15) is 38.8 Å². The second kappa shape index (κ2) is 6.12. The minimum Gasteiger partial charge on any atom is -0.507 e. The molecule has 0 bridgehead atoms. The lowest BCUT2D eigenvalue weighted by Gasteiger charge is -2.32. The largest absolute Gasteiger partial charge is 0.507 e. The van der Waals surface area contributed by atoms with Crippen LogP contribution in [0.25, 0.3) is 12.2 Å². The SMILES string of the molecule is CC1(C)OB(c2ccc(/C=C/c3ccccc3O)cc2)OC1(C)C. The maximum absolute atomic E-state index is 9.79. The van der Waals surface area contributed by atoms with Crippen LogP contribution < -0.4 is 5.46 Å². The number of benzene rings is 2. The van der Waals surface area contributed by atoms with Gasteiger partial charge in [0.1, 0.15) is 5.75 Å². The molecule has 1 heterocycles. The Kier molecular flexibility index (Phi) is 4.28. The molecule has 3 rings (SSSR count). The molecule has 1 fully saturated rings. The van der Waals surface area contributed by atoms with Crippen molar-refractivity contribution in [1.29, 1.82) is 0 Å². The fourth-order valence-electron chi connectivity index (χ4n) is 2.56. The molecule has 0 aromatic heterocycles. The van der Waals surface area contributed by atoms with Gasteiger partial charge in [-0.15, -0.1) is 0 Å². The number of hydrogen-bond donors (Lipinski definition) is 1. The molecular weight excluding hydrogens is 299 g/mol. The highest BCUT2D eigenvalue weighted by Gasteiger charge is 2.51. The molecule has 4 heteroatoms. The zero-order valence-corrected chi connectivity index (χ0v) is 14.6. The Morgan fingerprint density at radius 3 is 2.00 bits per heavy atom. The van der Waals surface area contributed by atoms with Crippen LogP contribution >= 0.6 is 0 Å². The van der Waals surface area contributed by atoms with Crippen molar-refractivity contribution in [3.8, 4) is 5.75 Å². The molecule has 0 aliphatic carbocycles. The topological polar surface area (TPSA) is 38.7 Å². The standard InChI is InChI=1S/C20H23BO3/c1-19(2)20(3,4)24-21(23-19)17-13-10-15(11-14-17)9-12-16-7-5-6-8-18(16)22/h5-14,22H,1-4H3/b12-9+. The first-order chi connectivity index (χ1) is 11.3. The maximum Gasteiger partial charge on any atom is 0.494 e. The van der Waals surface area contributed by atoms with E-state index < -0.39 is 0 Å². The van der Waals surface area contributed by atoms with E-state index in [-0.39, 0.29) is 24.1 Å². The lowest BCUT2D eigenvalue weighted by Crippen LogP contribution is -2.41. The van der Waals surface area contributed by atoms with Crippen molar-refractivity contribution in [2.45, 2.75) is 38.9 Å². The number of phenols is 1. The van der Waals surface area contributed by atoms with Gasteiger partial charge in [0.15, 0.2) is 0 Å². The second-order valence-corrected chi connectivity index (χ2v) is 7.15. The third-order valence-corrected chi connectivity index (χ3v) is 4.85. The zero-order valence-electron chi connectivity index (χ0n) is 14.6. The Hall–Kier alpha value is -2.04. The van der Waals surface area contributed by atoms with E-state index in [0.29, 0.717) is 0 Å². The van der Waals surface area contributed by atoms with E-state index in [2.05, 4.69) is 27.7 Å².